The molecule has 4 heterocycles. The molecule has 11 nitrogen and oxygen atoms in total. The molecule has 1 saturated heterocycles. The number of anilines is 1. The third kappa shape index (κ3) is 4.54. The predicted molar refractivity (Wildman–Crippen MR) is 151 cm³/mol. The molecule has 0 unspecified atom stereocenters. The van der Waals surface area contributed by atoms with Crippen molar-refractivity contribution in [2.45, 2.75) is 51.0 Å². The highest BCUT2D eigenvalue weighted by atomic mass is 19.3. The Morgan fingerprint density at radius 2 is 1.89 bits per heavy atom. The highest BCUT2D eigenvalue weighted by Crippen LogP contribution is 2.50. The van der Waals surface area contributed by atoms with E-state index in [0.29, 0.717) is 17.7 Å². The molecule has 0 atom stereocenters. The van der Waals surface area contributed by atoms with E-state index in [1.54, 1.807) is 31.2 Å². The highest BCUT2D eigenvalue weighted by Gasteiger charge is 2.53. The van der Waals surface area contributed by atoms with Crippen LogP contribution in [0.2, 0.25) is 0 Å². The maximum atomic E-state index is 13.7. The number of carbonyl (C=O) groups excluding carboxylic acids is 2. The number of fused-ring (bicyclic) bond motifs is 2. The molecule has 224 valence electrons. The van der Waals surface area contributed by atoms with Crippen molar-refractivity contribution in [1.82, 2.24) is 14.7 Å². The van der Waals surface area contributed by atoms with Crippen molar-refractivity contribution < 1.29 is 32.3 Å². The first kappa shape index (κ1) is 27.6. The van der Waals surface area contributed by atoms with Gasteiger partial charge in [0, 0.05) is 42.0 Å². The number of ether oxygens (including phenoxy) is 2. The van der Waals surface area contributed by atoms with Crippen molar-refractivity contribution in [3.8, 4) is 28.8 Å². The smallest absolute Gasteiger partial charge is 0.448 e. The van der Waals surface area contributed by atoms with E-state index < -0.39 is 24.3 Å². The van der Waals surface area contributed by atoms with Crippen molar-refractivity contribution in [2.24, 2.45) is 0 Å². The number of hydrogen-bond acceptors (Lipinski definition) is 8. The van der Waals surface area contributed by atoms with Gasteiger partial charge in [-0.05, 0) is 56.9 Å². The van der Waals surface area contributed by atoms with Gasteiger partial charge < -0.3 is 23.7 Å². The quantitative estimate of drug-likeness (QED) is 0.312. The van der Waals surface area contributed by atoms with Gasteiger partial charge in [0.1, 0.15) is 12.2 Å². The van der Waals surface area contributed by atoms with Gasteiger partial charge in [0.15, 0.2) is 22.8 Å². The highest BCUT2D eigenvalue weighted by molar-refractivity contribution is 6.00. The van der Waals surface area contributed by atoms with Crippen LogP contribution in [0, 0.1) is 11.3 Å². The van der Waals surface area contributed by atoms with Crippen molar-refractivity contribution in [2.75, 3.05) is 18.0 Å². The van der Waals surface area contributed by atoms with Crippen LogP contribution >= 0.6 is 0 Å². The third-order valence-corrected chi connectivity index (χ3v) is 8.38. The molecule has 0 bridgehead atoms. The van der Waals surface area contributed by atoms with Crippen LogP contribution in [0.4, 0.5) is 14.5 Å². The summed E-state index contributed by atoms with van der Waals surface area (Å²) in [7, 11) is 0. The number of amides is 2. The first-order chi connectivity index (χ1) is 21.1. The number of hydrogen-bond donors (Lipinski definition) is 0. The number of carbonyl (C=O) groups is 2. The SMILES string of the molecule is CCN(C(=O)Cn1nc(-c2cccc(C#N)c2)c2oc(C(=O)N3CCCC34CC4)cc2c1=O)c1ccc2c(c1)OC(F)(F)O2. The minimum absolute atomic E-state index is 0.00110. The zero-order valence-corrected chi connectivity index (χ0v) is 23.5. The molecule has 0 radical (unpaired) electrons. The zero-order valence-electron chi connectivity index (χ0n) is 23.5. The Hall–Kier alpha value is -5.25. The second-order valence-corrected chi connectivity index (χ2v) is 11.1. The molecule has 2 aromatic heterocycles. The number of halogens is 2. The van der Waals surface area contributed by atoms with Gasteiger partial charge in [-0.15, -0.1) is 8.78 Å². The van der Waals surface area contributed by atoms with E-state index in [2.05, 4.69) is 20.6 Å². The predicted octanol–water partition coefficient (Wildman–Crippen LogP) is 4.67. The molecule has 1 saturated carbocycles. The number of furan rings is 1. The molecule has 7 rings (SSSR count). The monoisotopic (exact) mass is 601 g/mol. The first-order valence-corrected chi connectivity index (χ1v) is 14.2. The number of nitrogens with zero attached hydrogens (tertiary/aromatic N) is 5. The molecule has 0 N–H and O–H groups in total. The molecule has 2 fully saturated rings. The van der Waals surface area contributed by atoms with Gasteiger partial charge in [-0.1, -0.05) is 12.1 Å². The maximum Gasteiger partial charge on any atom is 0.586 e. The van der Waals surface area contributed by atoms with E-state index in [9.17, 15) is 28.4 Å². The standard InChI is InChI=1S/C31H25F2N5O6/c1-2-36(20-7-8-22-23(14-20)44-31(32,33)43-22)25(39)17-38-28(40)21-15-24(29(41)37-12-4-9-30(37)10-11-30)42-27(21)26(35-38)19-6-3-5-18(13-19)16-34/h3,5-8,13-15H,2,4,9-12,17H2,1H3. The summed E-state index contributed by atoms with van der Waals surface area (Å²) in [6, 6.07) is 13.9. The molecule has 2 amide bonds. The van der Waals surface area contributed by atoms with Crippen LogP contribution in [0.3, 0.4) is 0 Å². The average Bonchev–Trinajstić information content (AvgIpc) is 3.31. The number of rotatable bonds is 6. The van der Waals surface area contributed by atoms with Crippen molar-refractivity contribution in [3.05, 3.63) is 70.2 Å². The number of benzene rings is 2. The Morgan fingerprint density at radius 1 is 1.09 bits per heavy atom. The maximum absolute atomic E-state index is 13.7. The Balaban J connectivity index is 1.28. The van der Waals surface area contributed by atoms with Gasteiger partial charge in [-0.3, -0.25) is 14.4 Å². The Kier molecular flexibility index (Phi) is 6.21. The summed E-state index contributed by atoms with van der Waals surface area (Å²) < 4.78 is 43.1. The zero-order chi connectivity index (χ0) is 30.8. The van der Waals surface area contributed by atoms with Crippen molar-refractivity contribution in [3.63, 3.8) is 0 Å². The number of likely N-dealkylation sites (tertiary alicyclic amines) is 1. The summed E-state index contributed by atoms with van der Waals surface area (Å²) in [6.45, 7) is 1.93. The molecule has 2 aliphatic heterocycles. The summed E-state index contributed by atoms with van der Waals surface area (Å²) in [5.74, 6) is -1.25. The van der Waals surface area contributed by atoms with Crippen LogP contribution in [0.25, 0.3) is 22.2 Å². The molecule has 1 spiro atoms. The fourth-order valence-electron chi connectivity index (χ4n) is 6.09. The van der Waals surface area contributed by atoms with Crippen LogP contribution in [0.5, 0.6) is 11.5 Å². The lowest BCUT2D eigenvalue weighted by molar-refractivity contribution is -0.286. The number of aromatic nitrogens is 2. The largest absolute Gasteiger partial charge is 0.586 e. The summed E-state index contributed by atoms with van der Waals surface area (Å²) in [4.78, 5) is 43.9. The average molecular weight is 602 g/mol. The number of nitriles is 1. The van der Waals surface area contributed by atoms with Crippen LogP contribution in [-0.2, 0) is 11.3 Å². The van der Waals surface area contributed by atoms with E-state index >= 15 is 0 Å². The Labute approximate surface area is 248 Å². The van der Waals surface area contributed by atoms with Gasteiger partial charge in [-0.2, -0.15) is 10.4 Å². The van der Waals surface area contributed by atoms with Gasteiger partial charge in [0.25, 0.3) is 11.5 Å². The Bertz CT molecular complexity index is 1960. The van der Waals surface area contributed by atoms with E-state index in [-0.39, 0.29) is 57.6 Å². The fourth-order valence-corrected chi connectivity index (χ4v) is 6.09. The van der Waals surface area contributed by atoms with Crippen molar-refractivity contribution in [1.29, 1.82) is 5.26 Å². The van der Waals surface area contributed by atoms with Gasteiger partial charge in [0.2, 0.25) is 5.91 Å². The van der Waals surface area contributed by atoms with Crippen LogP contribution in [0.15, 0.2) is 57.7 Å². The summed E-state index contributed by atoms with van der Waals surface area (Å²) in [5, 5.41) is 14.0. The van der Waals surface area contributed by atoms with Crippen LogP contribution in [-0.4, -0.2) is 51.4 Å². The van der Waals surface area contributed by atoms with E-state index in [4.69, 9.17) is 4.42 Å². The van der Waals surface area contributed by atoms with Crippen LogP contribution in [0.1, 0.15) is 48.7 Å². The lowest BCUT2D eigenvalue weighted by Crippen LogP contribution is -2.37. The molecule has 44 heavy (non-hydrogen) atoms. The molecule has 2 aromatic carbocycles. The van der Waals surface area contributed by atoms with E-state index in [1.807, 2.05) is 4.90 Å². The fraction of sp³-hybridized carbons (Fsp3) is 0.323. The normalized spacial score (nSPS) is 17.2. The molecular weight excluding hydrogens is 576 g/mol. The summed E-state index contributed by atoms with van der Waals surface area (Å²) in [5.41, 5.74) is 0.508. The molecule has 13 heteroatoms. The van der Waals surface area contributed by atoms with Crippen molar-refractivity contribution >= 4 is 28.5 Å². The molecular formula is C31H25F2N5O6. The van der Waals surface area contributed by atoms with Gasteiger partial charge in [-0.25, -0.2) is 4.68 Å². The minimum Gasteiger partial charge on any atom is -0.448 e. The van der Waals surface area contributed by atoms with E-state index in [1.165, 1.54) is 29.2 Å². The minimum atomic E-state index is -3.81. The third-order valence-electron chi connectivity index (χ3n) is 8.38. The molecule has 4 aromatic rings. The topological polar surface area (TPSA) is 131 Å². The van der Waals surface area contributed by atoms with Gasteiger partial charge >= 0.3 is 6.29 Å². The second-order valence-electron chi connectivity index (χ2n) is 11.1. The second kappa shape index (κ2) is 9.90. The molecule has 3 aliphatic rings. The first-order valence-electron chi connectivity index (χ1n) is 14.2. The lowest BCUT2D eigenvalue weighted by atomic mass is 10.1. The molecule has 1 aliphatic carbocycles. The Morgan fingerprint density at radius 3 is 2.64 bits per heavy atom. The summed E-state index contributed by atoms with van der Waals surface area (Å²) in [6.07, 6.45) is -0.120. The number of likely N-dealkylation sites (N-methyl/N-ethyl adjacent to an activating group) is 1. The lowest BCUT2D eigenvalue weighted by Gasteiger charge is -2.22. The number of alkyl halides is 2. The van der Waals surface area contributed by atoms with Gasteiger partial charge in [0.05, 0.1) is 17.0 Å². The summed E-state index contributed by atoms with van der Waals surface area (Å²) >= 11 is 0. The van der Waals surface area contributed by atoms with E-state index in [0.717, 1.165) is 30.4 Å². The van der Waals surface area contributed by atoms with Crippen LogP contribution < -0.4 is 19.9 Å².